The number of carbonyl (C=O) groups is 3. The van der Waals surface area contributed by atoms with E-state index >= 15 is 0 Å². The van der Waals surface area contributed by atoms with E-state index in [4.69, 9.17) is 13.9 Å². The number of nitrogens with zero attached hydrogens (tertiary/aromatic N) is 1. The molecule has 4 aromatic rings. The number of nitrogens with one attached hydrogen (secondary N) is 1. The van der Waals surface area contributed by atoms with E-state index in [0.29, 0.717) is 23.7 Å². The number of rotatable bonds is 8. The number of urea groups is 1. The van der Waals surface area contributed by atoms with E-state index in [9.17, 15) is 14.4 Å². The van der Waals surface area contributed by atoms with Crippen LogP contribution in [-0.4, -0.2) is 37.0 Å². The van der Waals surface area contributed by atoms with Crippen molar-refractivity contribution in [2.24, 2.45) is 0 Å². The third kappa shape index (κ3) is 4.94. The molecule has 9 heteroatoms. The van der Waals surface area contributed by atoms with Crippen molar-refractivity contribution in [1.82, 2.24) is 10.2 Å². The number of carbonyl (C=O) groups excluding carboxylic acids is 3. The van der Waals surface area contributed by atoms with E-state index in [1.165, 1.54) is 26.4 Å². The standard InChI is InChI=1S/C29H24N2O7/c1-35-26-15-18(10-12-24(26)37-17-20-8-5-7-19-6-3-4-9-22(19)20)14-23-27(32)31(29(34)30-23)16-21-11-13-25(38-21)28(33)36-2/h3-15H,16-17H2,1-2H3,(H,30,34)/b23-14-. The molecular formula is C29H24N2O7. The molecule has 1 aliphatic rings. The fourth-order valence-corrected chi connectivity index (χ4v) is 4.18. The second-order valence-corrected chi connectivity index (χ2v) is 8.47. The summed E-state index contributed by atoms with van der Waals surface area (Å²) in [4.78, 5) is 37.9. The minimum Gasteiger partial charge on any atom is -0.493 e. The maximum Gasteiger partial charge on any atom is 0.373 e. The topological polar surface area (TPSA) is 107 Å². The number of fused-ring (bicyclic) bond motifs is 1. The molecule has 3 amide bonds. The maximum atomic E-state index is 12.9. The molecule has 1 aliphatic heterocycles. The molecule has 192 valence electrons. The number of furan rings is 1. The van der Waals surface area contributed by atoms with E-state index < -0.39 is 17.9 Å². The molecule has 38 heavy (non-hydrogen) atoms. The van der Waals surface area contributed by atoms with Crippen LogP contribution in [0.25, 0.3) is 16.8 Å². The first-order chi connectivity index (χ1) is 18.5. The summed E-state index contributed by atoms with van der Waals surface area (Å²) in [6.07, 6.45) is 1.55. The molecule has 0 bridgehead atoms. The van der Waals surface area contributed by atoms with E-state index in [1.54, 1.807) is 24.3 Å². The van der Waals surface area contributed by atoms with Gasteiger partial charge in [-0.1, -0.05) is 48.5 Å². The Kier molecular flexibility index (Phi) is 6.82. The fourth-order valence-electron chi connectivity index (χ4n) is 4.18. The summed E-state index contributed by atoms with van der Waals surface area (Å²) in [6, 6.07) is 21.8. The highest BCUT2D eigenvalue weighted by atomic mass is 16.5. The molecule has 0 unspecified atom stereocenters. The first kappa shape index (κ1) is 24.6. The first-order valence-electron chi connectivity index (χ1n) is 11.8. The summed E-state index contributed by atoms with van der Waals surface area (Å²) in [5.74, 6) is 0.114. The molecule has 9 nitrogen and oxygen atoms in total. The second kappa shape index (κ2) is 10.5. The number of amides is 3. The third-order valence-corrected chi connectivity index (χ3v) is 6.09. The van der Waals surface area contributed by atoms with Crippen LogP contribution in [0.5, 0.6) is 11.5 Å². The summed E-state index contributed by atoms with van der Waals surface area (Å²) in [7, 11) is 2.77. The number of hydrogen-bond donors (Lipinski definition) is 1. The van der Waals surface area contributed by atoms with Crippen LogP contribution in [0.4, 0.5) is 4.79 Å². The van der Waals surface area contributed by atoms with Crippen LogP contribution in [0, 0.1) is 0 Å². The minimum atomic E-state index is -0.646. The Labute approximate surface area is 218 Å². The van der Waals surface area contributed by atoms with Crippen LogP contribution in [-0.2, 0) is 22.7 Å². The van der Waals surface area contributed by atoms with E-state index in [1.807, 2.05) is 24.3 Å². The predicted octanol–water partition coefficient (Wildman–Crippen LogP) is 4.90. The smallest absolute Gasteiger partial charge is 0.373 e. The monoisotopic (exact) mass is 512 g/mol. The molecule has 1 saturated heterocycles. The lowest BCUT2D eigenvalue weighted by atomic mass is 10.1. The summed E-state index contributed by atoms with van der Waals surface area (Å²) in [6.45, 7) is 0.218. The van der Waals surface area contributed by atoms with Gasteiger partial charge in [0.1, 0.15) is 18.1 Å². The van der Waals surface area contributed by atoms with Crippen molar-refractivity contribution in [3.63, 3.8) is 0 Å². The second-order valence-electron chi connectivity index (χ2n) is 8.47. The molecule has 0 radical (unpaired) electrons. The van der Waals surface area contributed by atoms with Crippen molar-refractivity contribution >= 4 is 34.8 Å². The van der Waals surface area contributed by atoms with E-state index in [0.717, 1.165) is 21.2 Å². The van der Waals surface area contributed by atoms with E-state index in [-0.39, 0.29) is 23.8 Å². The molecule has 0 spiro atoms. The number of hydrogen-bond acceptors (Lipinski definition) is 7. The van der Waals surface area contributed by atoms with E-state index in [2.05, 4.69) is 28.3 Å². The number of esters is 1. The number of methoxy groups -OCH3 is 2. The number of benzene rings is 3. The predicted molar refractivity (Wildman–Crippen MR) is 138 cm³/mol. The van der Waals surface area contributed by atoms with Gasteiger partial charge in [-0.2, -0.15) is 0 Å². The molecule has 2 heterocycles. The van der Waals surface area contributed by atoms with Crippen LogP contribution >= 0.6 is 0 Å². The molecule has 1 N–H and O–H groups in total. The van der Waals surface area contributed by atoms with Crippen LogP contribution in [0.15, 0.2) is 82.9 Å². The van der Waals surface area contributed by atoms with Crippen LogP contribution in [0.3, 0.4) is 0 Å². The van der Waals surface area contributed by atoms with Gasteiger partial charge in [-0.15, -0.1) is 0 Å². The zero-order valence-electron chi connectivity index (χ0n) is 20.7. The Morgan fingerprint density at radius 1 is 0.974 bits per heavy atom. The number of ether oxygens (including phenoxy) is 3. The highest BCUT2D eigenvalue weighted by Gasteiger charge is 2.34. The van der Waals surface area contributed by atoms with Gasteiger partial charge in [-0.05, 0) is 52.2 Å². The first-order valence-corrected chi connectivity index (χ1v) is 11.8. The Balaban J connectivity index is 1.30. The Morgan fingerprint density at radius 2 is 1.79 bits per heavy atom. The summed E-state index contributed by atoms with van der Waals surface area (Å²) >= 11 is 0. The zero-order valence-corrected chi connectivity index (χ0v) is 20.7. The summed E-state index contributed by atoms with van der Waals surface area (Å²) in [5.41, 5.74) is 1.78. The third-order valence-electron chi connectivity index (χ3n) is 6.09. The van der Waals surface area contributed by atoms with Gasteiger partial charge in [0.15, 0.2) is 11.5 Å². The van der Waals surface area contributed by atoms with Gasteiger partial charge >= 0.3 is 12.0 Å². The van der Waals surface area contributed by atoms with Crippen LogP contribution in [0.1, 0.15) is 27.4 Å². The van der Waals surface area contributed by atoms with Crippen molar-refractivity contribution < 1.29 is 33.0 Å². The van der Waals surface area contributed by atoms with Gasteiger partial charge in [-0.25, -0.2) is 9.59 Å². The van der Waals surface area contributed by atoms with Crippen molar-refractivity contribution in [3.8, 4) is 11.5 Å². The molecule has 3 aromatic carbocycles. The summed E-state index contributed by atoms with van der Waals surface area (Å²) in [5, 5.41) is 4.82. The number of imide groups is 1. The molecule has 1 aromatic heterocycles. The SMILES string of the molecule is COC(=O)c1ccc(CN2C(=O)N/C(=C\c3ccc(OCc4cccc5ccccc45)c(OC)c3)C2=O)o1. The summed E-state index contributed by atoms with van der Waals surface area (Å²) < 4.78 is 21.6. The lowest BCUT2D eigenvalue weighted by molar-refractivity contribution is -0.123. The largest absolute Gasteiger partial charge is 0.493 e. The average molecular weight is 513 g/mol. The normalized spacial score (nSPS) is 14.2. The minimum absolute atomic E-state index is 0.0137. The zero-order chi connectivity index (χ0) is 26.6. The Hall–Kier alpha value is -5.05. The molecule has 1 fully saturated rings. The Morgan fingerprint density at radius 3 is 2.61 bits per heavy atom. The molecular weight excluding hydrogens is 488 g/mol. The average Bonchev–Trinajstić information content (AvgIpc) is 3.52. The van der Waals surface area contributed by atoms with Crippen LogP contribution < -0.4 is 14.8 Å². The van der Waals surface area contributed by atoms with Gasteiger partial charge in [0.25, 0.3) is 5.91 Å². The fraction of sp³-hybridized carbons (Fsp3) is 0.138. The molecule has 0 aliphatic carbocycles. The lowest BCUT2D eigenvalue weighted by Gasteiger charge is -2.13. The van der Waals surface area contributed by atoms with Crippen molar-refractivity contribution in [1.29, 1.82) is 0 Å². The van der Waals surface area contributed by atoms with Gasteiger partial charge < -0.3 is 23.9 Å². The van der Waals surface area contributed by atoms with Gasteiger partial charge in [-0.3, -0.25) is 9.69 Å². The van der Waals surface area contributed by atoms with Gasteiger partial charge in [0.2, 0.25) is 5.76 Å². The highest BCUT2D eigenvalue weighted by Crippen LogP contribution is 2.31. The lowest BCUT2D eigenvalue weighted by Crippen LogP contribution is -2.30. The Bertz CT molecular complexity index is 1560. The highest BCUT2D eigenvalue weighted by molar-refractivity contribution is 6.13. The van der Waals surface area contributed by atoms with Crippen molar-refractivity contribution in [3.05, 3.63) is 101 Å². The maximum absolute atomic E-state index is 12.9. The van der Waals surface area contributed by atoms with Gasteiger partial charge in [0.05, 0.1) is 20.8 Å². The van der Waals surface area contributed by atoms with Gasteiger partial charge in [0, 0.05) is 0 Å². The van der Waals surface area contributed by atoms with Crippen molar-refractivity contribution in [2.75, 3.05) is 14.2 Å². The van der Waals surface area contributed by atoms with Crippen molar-refractivity contribution in [2.45, 2.75) is 13.2 Å². The quantitative estimate of drug-likeness (QED) is 0.203. The molecule has 0 atom stereocenters. The molecule has 5 rings (SSSR count). The molecule has 0 saturated carbocycles. The van der Waals surface area contributed by atoms with Crippen LogP contribution in [0.2, 0.25) is 0 Å².